The van der Waals surface area contributed by atoms with E-state index in [0.717, 1.165) is 57.2 Å². The lowest BCUT2D eigenvalue weighted by Gasteiger charge is -2.48. The molecule has 6 rings (SSSR count). The minimum absolute atomic E-state index is 0.0863. The third-order valence-electron chi connectivity index (χ3n) is 9.02. The largest absolute Gasteiger partial charge is 0.463 e. The number of morpholine rings is 1. The zero-order valence-corrected chi connectivity index (χ0v) is 21.8. The molecular weight excluding hydrogens is 462 g/mol. The SMILES string of the molecule is CC1CC=C(Cn2c(OCCN3CCOCC3)nc3c2C(O)N(CCCO)C2(C4OC42)N3C)CC1C. The van der Waals surface area contributed by atoms with Crippen LogP contribution in [-0.4, -0.2) is 107 Å². The molecule has 5 aliphatic rings. The van der Waals surface area contributed by atoms with Crippen molar-refractivity contribution in [3.8, 4) is 6.01 Å². The first kappa shape index (κ1) is 24.6. The van der Waals surface area contributed by atoms with Crippen LogP contribution >= 0.6 is 0 Å². The van der Waals surface area contributed by atoms with E-state index in [-0.39, 0.29) is 24.5 Å². The Morgan fingerprint density at radius 3 is 2.61 bits per heavy atom. The molecule has 2 N–H and O–H groups in total. The monoisotopic (exact) mass is 503 g/mol. The normalized spacial score (nSPS) is 36.0. The summed E-state index contributed by atoms with van der Waals surface area (Å²) in [5.74, 6) is 2.09. The van der Waals surface area contributed by atoms with Crippen molar-refractivity contribution in [2.75, 3.05) is 64.6 Å². The second-order valence-corrected chi connectivity index (χ2v) is 11.2. The van der Waals surface area contributed by atoms with Gasteiger partial charge in [0, 0.05) is 46.4 Å². The van der Waals surface area contributed by atoms with Crippen LogP contribution in [0.3, 0.4) is 0 Å². The molecule has 1 aromatic heterocycles. The first-order valence-electron chi connectivity index (χ1n) is 13.6. The molecule has 1 saturated carbocycles. The first-order chi connectivity index (χ1) is 17.5. The van der Waals surface area contributed by atoms with Crippen molar-refractivity contribution in [1.82, 2.24) is 19.4 Å². The molecule has 0 radical (unpaired) electrons. The highest BCUT2D eigenvalue weighted by Crippen LogP contribution is 2.66. The van der Waals surface area contributed by atoms with Crippen LogP contribution in [0.15, 0.2) is 11.6 Å². The molecule has 36 heavy (non-hydrogen) atoms. The number of allylic oxidation sites excluding steroid dienone is 2. The summed E-state index contributed by atoms with van der Waals surface area (Å²) in [5.41, 5.74) is 1.77. The number of fused-ring (bicyclic) bond motifs is 4. The number of ether oxygens (including phenoxy) is 3. The Morgan fingerprint density at radius 2 is 1.94 bits per heavy atom. The van der Waals surface area contributed by atoms with Gasteiger partial charge in [-0.1, -0.05) is 25.5 Å². The van der Waals surface area contributed by atoms with Gasteiger partial charge < -0.3 is 29.3 Å². The highest BCUT2D eigenvalue weighted by molar-refractivity contribution is 5.60. The topological polar surface area (TPSA) is 99.0 Å². The number of likely N-dealkylation sites (N-methyl/N-ethyl adjacent to an activating group) is 1. The van der Waals surface area contributed by atoms with Crippen LogP contribution < -0.4 is 9.64 Å². The molecule has 5 atom stereocenters. The zero-order chi connectivity index (χ0) is 25.0. The summed E-state index contributed by atoms with van der Waals surface area (Å²) in [6, 6.07) is 0.570. The third kappa shape index (κ3) is 3.97. The average Bonchev–Trinajstić information content (AvgIpc) is 3.76. The smallest absolute Gasteiger partial charge is 0.299 e. The number of aliphatic hydroxyl groups excluding tert-OH is 2. The second-order valence-electron chi connectivity index (χ2n) is 11.2. The maximum absolute atomic E-state index is 11.7. The van der Waals surface area contributed by atoms with E-state index in [1.54, 1.807) is 0 Å². The molecule has 2 aliphatic carbocycles. The van der Waals surface area contributed by atoms with Crippen molar-refractivity contribution in [2.24, 2.45) is 11.8 Å². The van der Waals surface area contributed by atoms with Gasteiger partial charge in [0.25, 0.3) is 6.01 Å². The van der Waals surface area contributed by atoms with Crippen LogP contribution in [-0.2, 0) is 16.0 Å². The molecule has 0 bridgehead atoms. The fraction of sp³-hybridized carbons (Fsp3) is 0.808. The summed E-state index contributed by atoms with van der Waals surface area (Å²) in [6.07, 6.45) is 4.43. The Morgan fingerprint density at radius 1 is 1.17 bits per heavy atom. The summed E-state index contributed by atoms with van der Waals surface area (Å²) >= 11 is 0. The van der Waals surface area contributed by atoms with Crippen LogP contribution in [0.1, 0.15) is 45.0 Å². The quantitative estimate of drug-likeness (QED) is 0.380. The van der Waals surface area contributed by atoms with Gasteiger partial charge in [0.15, 0.2) is 17.7 Å². The lowest BCUT2D eigenvalue weighted by atomic mass is 9.82. The summed E-state index contributed by atoms with van der Waals surface area (Å²) in [5, 5.41) is 21.3. The number of hydrogen-bond donors (Lipinski definition) is 2. The Kier molecular flexibility index (Phi) is 6.54. The first-order valence-corrected chi connectivity index (χ1v) is 13.6. The van der Waals surface area contributed by atoms with E-state index in [0.29, 0.717) is 44.0 Å². The van der Waals surface area contributed by atoms with Gasteiger partial charge in [-0.15, -0.1) is 0 Å². The van der Waals surface area contributed by atoms with Crippen LogP contribution in [0.25, 0.3) is 0 Å². The molecule has 3 fully saturated rings. The Bertz CT molecular complexity index is 984. The predicted molar refractivity (Wildman–Crippen MR) is 134 cm³/mol. The standard InChI is InChI=1S/C26H41N5O5/c1-17-5-6-19(15-18(17)2)16-30-20-23(27-25(30)35-14-10-29-8-12-34-13-9-29)28(3)26(21-22(26)36-21)31(24(20)33)7-4-11-32/h6,17-18,21-22,24,32-33H,4-5,7-16H2,1-3H3. The number of aromatic nitrogens is 2. The van der Waals surface area contributed by atoms with Gasteiger partial charge in [-0.2, -0.15) is 4.98 Å². The van der Waals surface area contributed by atoms with Gasteiger partial charge in [0.2, 0.25) is 0 Å². The van der Waals surface area contributed by atoms with E-state index in [1.807, 2.05) is 7.05 Å². The van der Waals surface area contributed by atoms with Crippen molar-refractivity contribution in [3.63, 3.8) is 0 Å². The molecular formula is C26H41N5O5. The molecule has 3 aliphatic heterocycles. The number of imidazole rings is 1. The minimum atomic E-state index is -0.830. The van der Waals surface area contributed by atoms with Crippen LogP contribution in [0, 0.1) is 11.8 Å². The van der Waals surface area contributed by atoms with Crippen molar-refractivity contribution in [1.29, 1.82) is 0 Å². The molecule has 2 saturated heterocycles. The number of aliphatic hydroxyl groups is 2. The van der Waals surface area contributed by atoms with Crippen molar-refractivity contribution in [3.05, 3.63) is 17.3 Å². The number of epoxide rings is 1. The number of anilines is 1. The summed E-state index contributed by atoms with van der Waals surface area (Å²) in [6.45, 7) is 10.7. The fourth-order valence-corrected chi connectivity index (χ4v) is 6.40. The molecule has 0 aromatic carbocycles. The van der Waals surface area contributed by atoms with Gasteiger partial charge in [-0.25, -0.2) is 4.90 Å². The fourth-order valence-electron chi connectivity index (χ4n) is 6.40. The lowest BCUT2D eigenvalue weighted by Crippen LogP contribution is -2.61. The maximum atomic E-state index is 11.7. The van der Waals surface area contributed by atoms with E-state index < -0.39 is 6.23 Å². The van der Waals surface area contributed by atoms with E-state index in [2.05, 4.69) is 39.2 Å². The maximum Gasteiger partial charge on any atom is 0.299 e. The van der Waals surface area contributed by atoms with Gasteiger partial charge in [0.05, 0.1) is 13.2 Å². The number of hydrogen-bond acceptors (Lipinski definition) is 9. The predicted octanol–water partition coefficient (Wildman–Crippen LogP) is 1.19. The van der Waals surface area contributed by atoms with E-state index in [4.69, 9.17) is 19.2 Å². The van der Waals surface area contributed by atoms with Gasteiger partial charge in [-0.05, 0) is 31.1 Å². The second kappa shape index (κ2) is 9.56. The van der Waals surface area contributed by atoms with Crippen LogP contribution in [0.5, 0.6) is 6.01 Å². The minimum Gasteiger partial charge on any atom is -0.463 e. The third-order valence-corrected chi connectivity index (χ3v) is 9.02. The zero-order valence-electron chi connectivity index (χ0n) is 21.8. The van der Waals surface area contributed by atoms with Crippen LogP contribution in [0.4, 0.5) is 5.82 Å². The molecule has 10 nitrogen and oxygen atoms in total. The summed E-state index contributed by atoms with van der Waals surface area (Å²) in [7, 11) is 2.05. The van der Waals surface area contributed by atoms with Crippen molar-refractivity contribution in [2.45, 2.75) is 63.8 Å². The van der Waals surface area contributed by atoms with Crippen molar-refractivity contribution >= 4 is 5.82 Å². The van der Waals surface area contributed by atoms with Gasteiger partial charge in [0.1, 0.15) is 24.5 Å². The Balaban J connectivity index is 1.30. The summed E-state index contributed by atoms with van der Waals surface area (Å²) in [4.78, 5) is 11.6. The van der Waals surface area contributed by atoms with Gasteiger partial charge >= 0.3 is 0 Å². The molecule has 0 amide bonds. The molecule has 200 valence electrons. The highest BCUT2D eigenvalue weighted by atomic mass is 16.6. The lowest BCUT2D eigenvalue weighted by molar-refractivity contribution is -0.0959. The molecule has 1 aromatic rings. The van der Waals surface area contributed by atoms with Crippen molar-refractivity contribution < 1.29 is 24.4 Å². The van der Waals surface area contributed by atoms with E-state index in [1.165, 1.54) is 5.57 Å². The number of rotatable bonds is 9. The molecule has 4 heterocycles. The molecule has 10 heteroatoms. The number of nitrogens with zero attached hydrogens (tertiary/aromatic N) is 5. The Labute approximate surface area is 213 Å². The highest BCUT2D eigenvalue weighted by Gasteiger charge is 2.87. The molecule has 1 spiro atoms. The van der Waals surface area contributed by atoms with Gasteiger partial charge in [-0.3, -0.25) is 9.47 Å². The van der Waals surface area contributed by atoms with Crippen LogP contribution in [0.2, 0.25) is 0 Å². The van der Waals surface area contributed by atoms with E-state index >= 15 is 0 Å². The Hall–Kier alpha value is -1.69. The molecule has 5 unspecified atom stereocenters. The average molecular weight is 504 g/mol. The summed E-state index contributed by atoms with van der Waals surface area (Å²) < 4.78 is 19.6. The van der Waals surface area contributed by atoms with E-state index in [9.17, 15) is 10.2 Å².